The Kier molecular flexibility index (Phi) is 3.69. The Labute approximate surface area is 113 Å². The molecule has 0 spiro atoms. The van der Waals surface area contributed by atoms with Crippen molar-refractivity contribution in [3.8, 4) is 0 Å². The van der Waals surface area contributed by atoms with E-state index in [1.54, 1.807) is 6.20 Å². The Balaban J connectivity index is 2.28. The van der Waals surface area contributed by atoms with Crippen LogP contribution in [0.1, 0.15) is 18.2 Å². The van der Waals surface area contributed by atoms with Crippen molar-refractivity contribution >= 4 is 17.5 Å². The van der Waals surface area contributed by atoms with Crippen LogP contribution in [0.2, 0.25) is 0 Å². The minimum Gasteiger partial charge on any atom is -0.362 e. The summed E-state index contributed by atoms with van der Waals surface area (Å²) in [5.41, 5.74) is 3.07. The summed E-state index contributed by atoms with van der Waals surface area (Å²) < 4.78 is 1.93. The van der Waals surface area contributed by atoms with E-state index in [0.717, 1.165) is 29.3 Å². The number of hydrogen-bond donors (Lipinski definition) is 1. The van der Waals surface area contributed by atoms with Gasteiger partial charge >= 0.3 is 0 Å². The van der Waals surface area contributed by atoms with Gasteiger partial charge in [-0.15, -0.1) is 0 Å². The number of aryl methyl sites for hydroxylation is 2. The van der Waals surface area contributed by atoms with Gasteiger partial charge in [0.1, 0.15) is 5.82 Å². The zero-order valence-electron chi connectivity index (χ0n) is 12.1. The minimum atomic E-state index is 0.591. The second kappa shape index (κ2) is 5.26. The molecule has 0 aliphatic heterocycles. The molecule has 2 aromatic rings. The van der Waals surface area contributed by atoms with Crippen LogP contribution in [-0.2, 0) is 6.54 Å². The van der Waals surface area contributed by atoms with Crippen LogP contribution in [0.4, 0.5) is 17.5 Å². The molecule has 1 N–H and O–H groups in total. The summed E-state index contributed by atoms with van der Waals surface area (Å²) in [6.45, 7) is 6.95. The lowest BCUT2D eigenvalue weighted by atomic mass is 10.3. The molecule has 0 saturated heterocycles. The maximum atomic E-state index is 4.51. The van der Waals surface area contributed by atoms with E-state index >= 15 is 0 Å². The van der Waals surface area contributed by atoms with Crippen molar-refractivity contribution in [2.24, 2.45) is 0 Å². The lowest BCUT2D eigenvalue weighted by Crippen LogP contribution is -2.13. The Morgan fingerprint density at radius 3 is 2.58 bits per heavy atom. The van der Waals surface area contributed by atoms with Crippen LogP contribution in [0.5, 0.6) is 0 Å². The number of anilines is 3. The molecular weight excluding hydrogens is 240 g/mol. The minimum absolute atomic E-state index is 0.591. The van der Waals surface area contributed by atoms with Gasteiger partial charge in [0.05, 0.1) is 17.6 Å². The van der Waals surface area contributed by atoms with Crippen LogP contribution in [0.3, 0.4) is 0 Å². The molecule has 19 heavy (non-hydrogen) atoms. The predicted molar refractivity (Wildman–Crippen MR) is 77.0 cm³/mol. The van der Waals surface area contributed by atoms with Gasteiger partial charge < -0.3 is 10.2 Å². The van der Waals surface area contributed by atoms with Gasteiger partial charge in [-0.3, -0.25) is 4.68 Å². The molecule has 0 atom stereocenters. The summed E-state index contributed by atoms with van der Waals surface area (Å²) in [4.78, 5) is 10.8. The topological polar surface area (TPSA) is 58.9 Å². The van der Waals surface area contributed by atoms with E-state index in [1.165, 1.54) is 0 Å². The monoisotopic (exact) mass is 260 g/mol. The van der Waals surface area contributed by atoms with Gasteiger partial charge in [-0.1, -0.05) is 0 Å². The second-order valence-electron chi connectivity index (χ2n) is 4.68. The molecule has 2 rings (SSSR count). The Bertz CT molecular complexity index is 573. The van der Waals surface area contributed by atoms with E-state index in [0.29, 0.717) is 5.95 Å². The molecule has 6 heteroatoms. The summed E-state index contributed by atoms with van der Waals surface area (Å²) in [5.74, 6) is 1.51. The molecule has 0 aliphatic rings. The number of aromatic nitrogens is 4. The highest BCUT2D eigenvalue weighted by molar-refractivity contribution is 5.57. The first-order valence-corrected chi connectivity index (χ1v) is 6.33. The lowest BCUT2D eigenvalue weighted by Gasteiger charge is -2.15. The van der Waals surface area contributed by atoms with Gasteiger partial charge in [0.25, 0.3) is 0 Å². The van der Waals surface area contributed by atoms with Gasteiger partial charge in [0.2, 0.25) is 5.95 Å². The fourth-order valence-electron chi connectivity index (χ4n) is 1.95. The summed E-state index contributed by atoms with van der Waals surface area (Å²) >= 11 is 0. The second-order valence-corrected chi connectivity index (χ2v) is 4.68. The Morgan fingerprint density at radius 1 is 1.26 bits per heavy atom. The first kappa shape index (κ1) is 13.3. The standard InChI is InChI=1S/C13H20N6/c1-6-19-10(3)11(8-15-19)16-13-14-7-9(2)12(17-13)18(4)5/h7-8H,6H2,1-5H3,(H,14,16,17). The van der Waals surface area contributed by atoms with Gasteiger partial charge in [-0.25, -0.2) is 4.98 Å². The van der Waals surface area contributed by atoms with Crippen molar-refractivity contribution < 1.29 is 0 Å². The third kappa shape index (κ3) is 2.67. The van der Waals surface area contributed by atoms with Crippen molar-refractivity contribution in [2.75, 3.05) is 24.3 Å². The predicted octanol–water partition coefficient (Wildman–Crippen LogP) is 2.12. The third-order valence-corrected chi connectivity index (χ3v) is 3.02. The Morgan fingerprint density at radius 2 is 2.00 bits per heavy atom. The molecule has 2 heterocycles. The van der Waals surface area contributed by atoms with E-state index in [1.807, 2.05) is 43.7 Å². The molecule has 0 unspecified atom stereocenters. The van der Waals surface area contributed by atoms with Gasteiger partial charge in [0, 0.05) is 32.4 Å². The van der Waals surface area contributed by atoms with Crippen molar-refractivity contribution in [3.63, 3.8) is 0 Å². The SMILES string of the molecule is CCn1ncc(Nc2ncc(C)c(N(C)C)n2)c1C. The van der Waals surface area contributed by atoms with Gasteiger partial charge in [0.15, 0.2) is 0 Å². The number of nitrogens with zero attached hydrogens (tertiary/aromatic N) is 5. The van der Waals surface area contributed by atoms with Crippen LogP contribution in [0.15, 0.2) is 12.4 Å². The van der Waals surface area contributed by atoms with Crippen molar-refractivity contribution in [2.45, 2.75) is 27.3 Å². The highest BCUT2D eigenvalue weighted by Crippen LogP contribution is 2.20. The average molecular weight is 260 g/mol. The van der Waals surface area contributed by atoms with E-state index in [2.05, 4.69) is 27.3 Å². The van der Waals surface area contributed by atoms with E-state index in [4.69, 9.17) is 0 Å². The van der Waals surface area contributed by atoms with Crippen LogP contribution >= 0.6 is 0 Å². The molecule has 0 bridgehead atoms. The van der Waals surface area contributed by atoms with E-state index in [9.17, 15) is 0 Å². The number of hydrogen-bond acceptors (Lipinski definition) is 5. The zero-order valence-corrected chi connectivity index (χ0v) is 12.1. The van der Waals surface area contributed by atoms with Crippen LogP contribution in [-0.4, -0.2) is 33.8 Å². The Hall–Kier alpha value is -2.11. The van der Waals surface area contributed by atoms with Crippen LogP contribution in [0, 0.1) is 13.8 Å². The summed E-state index contributed by atoms with van der Waals surface area (Å²) in [6, 6.07) is 0. The molecule has 0 fully saturated rings. The van der Waals surface area contributed by atoms with Crippen LogP contribution < -0.4 is 10.2 Å². The fraction of sp³-hybridized carbons (Fsp3) is 0.462. The summed E-state index contributed by atoms with van der Waals surface area (Å²) in [7, 11) is 3.94. The number of rotatable bonds is 4. The molecule has 0 aliphatic carbocycles. The molecule has 2 aromatic heterocycles. The average Bonchev–Trinajstić information content (AvgIpc) is 2.72. The van der Waals surface area contributed by atoms with Gasteiger partial charge in [-0.2, -0.15) is 10.1 Å². The summed E-state index contributed by atoms with van der Waals surface area (Å²) in [6.07, 6.45) is 3.63. The first-order valence-electron chi connectivity index (χ1n) is 6.33. The normalized spacial score (nSPS) is 10.6. The smallest absolute Gasteiger partial charge is 0.229 e. The first-order chi connectivity index (χ1) is 9.02. The fourth-order valence-corrected chi connectivity index (χ4v) is 1.95. The quantitative estimate of drug-likeness (QED) is 0.912. The number of nitrogens with one attached hydrogen (secondary N) is 1. The maximum absolute atomic E-state index is 4.51. The summed E-state index contributed by atoms with van der Waals surface area (Å²) in [5, 5.41) is 7.51. The van der Waals surface area contributed by atoms with Crippen molar-refractivity contribution in [3.05, 3.63) is 23.7 Å². The van der Waals surface area contributed by atoms with Crippen LogP contribution in [0.25, 0.3) is 0 Å². The molecule has 0 amide bonds. The highest BCUT2D eigenvalue weighted by Gasteiger charge is 2.09. The lowest BCUT2D eigenvalue weighted by molar-refractivity contribution is 0.640. The van der Waals surface area contributed by atoms with Crippen molar-refractivity contribution in [1.29, 1.82) is 0 Å². The molecule has 0 radical (unpaired) electrons. The molecule has 0 aromatic carbocycles. The molecular formula is C13H20N6. The maximum Gasteiger partial charge on any atom is 0.229 e. The molecule has 6 nitrogen and oxygen atoms in total. The third-order valence-electron chi connectivity index (χ3n) is 3.02. The molecule has 102 valence electrons. The highest BCUT2D eigenvalue weighted by atomic mass is 15.3. The zero-order chi connectivity index (χ0) is 14.0. The molecule has 0 saturated carbocycles. The van der Waals surface area contributed by atoms with E-state index in [-0.39, 0.29) is 0 Å². The van der Waals surface area contributed by atoms with Gasteiger partial charge in [-0.05, 0) is 20.8 Å². The largest absolute Gasteiger partial charge is 0.362 e. The van der Waals surface area contributed by atoms with Crippen molar-refractivity contribution in [1.82, 2.24) is 19.7 Å². The van der Waals surface area contributed by atoms with E-state index < -0.39 is 0 Å².